The van der Waals surface area contributed by atoms with E-state index >= 15 is 0 Å². The number of nitrogens with one attached hydrogen (secondary N) is 3. The molecule has 1 fully saturated rings. The molecular weight excluding hydrogens is 524 g/mol. The van der Waals surface area contributed by atoms with Gasteiger partial charge in [-0.25, -0.2) is 4.79 Å². The van der Waals surface area contributed by atoms with Gasteiger partial charge < -0.3 is 37.1 Å². The van der Waals surface area contributed by atoms with Gasteiger partial charge in [-0.2, -0.15) is 11.8 Å². The Balaban J connectivity index is 1.71. The quantitative estimate of drug-likeness (QED) is 0.187. The van der Waals surface area contributed by atoms with E-state index in [-0.39, 0.29) is 32.2 Å². The average Bonchev–Trinajstić information content (AvgIpc) is 3.56. The van der Waals surface area contributed by atoms with Gasteiger partial charge in [0.15, 0.2) is 0 Å². The van der Waals surface area contributed by atoms with Crippen molar-refractivity contribution in [2.45, 2.75) is 62.7 Å². The van der Waals surface area contributed by atoms with Gasteiger partial charge in [-0.1, -0.05) is 18.2 Å². The number of carboxylic acid groups (broad SMARTS) is 1. The predicted molar refractivity (Wildman–Crippen MR) is 148 cm³/mol. The minimum absolute atomic E-state index is 0.0913. The second-order valence-corrected chi connectivity index (χ2v) is 10.6. The molecule has 1 aliphatic rings. The molecule has 1 saturated heterocycles. The summed E-state index contributed by atoms with van der Waals surface area (Å²) in [5.41, 5.74) is 13.3. The summed E-state index contributed by atoms with van der Waals surface area (Å²) in [5, 5.41) is 15.8. The van der Waals surface area contributed by atoms with Crippen molar-refractivity contribution in [3.63, 3.8) is 0 Å². The zero-order valence-corrected chi connectivity index (χ0v) is 22.7. The fourth-order valence-corrected chi connectivity index (χ4v) is 5.19. The van der Waals surface area contributed by atoms with E-state index in [1.165, 1.54) is 16.7 Å². The van der Waals surface area contributed by atoms with Crippen LogP contribution in [0.25, 0.3) is 10.9 Å². The number of fused-ring (bicyclic) bond motifs is 1. The van der Waals surface area contributed by atoms with Crippen molar-refractivity contribution < 1.29 is 29.1 Å². The van der Waals surface area contributed by atoms with Crippen LogP contribution in [-0.2, 0) is 30.4 Å². The second kappa shape index (κ2) is 14.0. The predicted octanol–water partition coefficient (Wildman–Crippen LogP) is 0.102. The summed E-state index contributed by atoms with van der Waals surface area (Å²) in [6, 6.07) is 3.56. The number of para-hydroxylation sites is 1. The maximum atomic E-state index is 13.3. The van der Waals surface area contributed by atoms with Crippen LogP contribution in [0.5, 0.6) is 0 Å². The number of amides is 4. The lowest BCUT2D eigenvalue weighted by molar-refractivity contribution is -0.149. The van der Waals surface area contributed by atoms with Crippen molar-refractivity contribution in [2.24, 2.45) is 11.5 Å². The lowest BCUT2D eigenvalue weighted by Gasteiger charge is -2.29. The first-order chi connectivity index (χ1) is 18.6. The number of benzene rings is 1. The second-order valence-electron chi connectivity index (χ2n) is 9.61. The molecule has 13 heteroatoms. The molecule has 4 unspecified atom stereocenters. The summed E-state index contributed by atoms with van der Waals surface area (Å²) in [6.07, 6.45) is 4.73. The van der Waals surface area contributed by atoms with E-state index in [9.17, 15) is 29.1 Å². The van der Waals surface area contributed by atoms with Gasteiger partial charge in [0.05, 0.1) is 6.04 Å². The minimum Gasteiger partial charge on any atom is -0.480 e. The third-order valence-electron chi connectivity index (χ3n) is 6.81. The summed E-state index contributed by atoms with van der Waals surface area (Å²) in [7, 11) is 0. The number of thioether (sulfide) groups is 1. The maximum absolute atomic E-state index is 13.3. The lowest BCUT2D eigenvalue weighted by atomic mass is 10.0. The molecular formula is C26H36N6O6S. The van der Waals surface area contributed by atoms with E-state index in [1.54, 1.807) is 6.20 Å². The van der Waals surface area contributed by atoms with E-state index in [0.717, 1.165) is 16.5 Å². The van der Waals surface area contributed by atoms with E-state index in [2.05, 4.69) is 15.6 Å². The van der Waals surface area contributed by atoms with E-state index in [4.69, 9.17) is 11.5 Å². The van der Waals surface area contributed by atoms with Gasteiger partial charge in [-0.05, 0) is 55.7 Å². The molecule has 0 bridgehead atoms. The fraction of sp³-hybridized carbons (Fsp3) is 0.500. The molecule has 39 heavy (non-hydrogen) atoms. The highest BCUT2D eigenvalue weighted by atomic mass is 32.2. The van der Waals surface area contributed by atoms with Crippen molar-refractivity contribution in [3.05, 3.63) is 36.0 Å². The Kier molecular flexibility index (Phi) is 10.8. The summed E-state index contributed by atoms with van der Waals surface area (Å²) in [4.78, 5) is 66.9. The Morgan fingerprint density at radius 2 is 1.85 bits per heavy atom. The Hall–Kier alpha value is -3.58. The average molecular weight is 561 g/mol. The number of carbonyl (C=O) groups is 5. The number of aromatic amines is 1. The molecule has 12 nitrogen and oxygen atoms in total. The summed E-state index contributed by atoms with van der Waals surface area (Å²) in [6.45, 7) is 0.230. The van der Waals surface area contributed by atoms with Crippen LogP contribution in [0.1, 0.15) is 37.7 Å². The Morgan fingerprint density at radius 1 is 1.13 bits per heavy atom. The van der Waals surface area contributed by atoms with E-state index in [0.29, 0.717) is 18.6 Å². The van der Waals surface area contributed by atoms with Gasteiger partial charge >= 0.3 is 5.97 Å². The molecule has 0 radical (unpaired) electrons. The minimum atomic E-state index is -1.17. The molecule has 0 aliphatic carbocycles. The first kappa shape index (κ1) is 30.0. The number of hydrogen-bond donors (Lipinski definition) is 6. The number of aliphatic carboxylic acids is 1. The van der Waals surface area contributed by atoms with Crippen LogP contribution < -0.4 is 22.1 Å². The van der Waals surface area contributed by atoms with Crippen molar-refractivity contribution in [1.29, 1.82) is 0 Å². The van der Waals surface area contributed by atoms with Crippen LogP contribution in [0.3, 0.4) is 0 Å². The molecule has 4 amide bonds. The fourth-order valence-electron chi connectivity index (χ4n) is 4.72. The molecule has 212 valence electrons. The first-order valence-electron chi connectivity index (χ1n) is 12.8. The zero-order valence-electron chi connectivity index (χ0n) is 21.9. The molecule has 0 spiro atoms. The zero-order chi connectivity index (χ0) is 28.5. The standard InChI is InChI=1S/C26H36N6O6S/c1-39-12-10-19(30-23(34)17(27)13-15-14-29-18-6-3-2-5-16(15)18)24(35)31-20(8-9-22(28)33)25(36)32-11-4-7-21(32)26(37)38/h2-3,5-6,14,17,19-21,29H,4,7-13,27H2,1H3,(H2,28,33)(H,30,34)(H,31,35)(H,37,38). The van der Waals surface area contributed by atoms with Gasteiger partial charge in [-0.3, -0.25) is 19.2 Å². The smallest absolute Gasteiger partial charge is 0.326 e. The molecule has 3 rings (SSSR count). The monoisotopic (exact) mass is 560 g/mol. The van der Waals surface area contributed by atoms with Crippen molar-refractivity contribution >= 4 is 52.3 Å². The number of nitrogens with zero attached hydrogens (tertiary/aromatic N) is 1. The van der Waals surface area contributed by atoms with Crippen LogP contribution in [0.15, 0.2) is 30.5 Å². The molecule has 2 aromatic rings. The highest BCUT2D eigenvalue weighted by molar-refractivity contribution is 7.98. The van der Waals surface area contributed by atoms with Crippen LogP contribution in [-0.4, -0.2) is 87.3 Å². The first-order valence-corrected chi connectivity index (χ1v) is 14.2. The number of carbonyl (C=O) groups excluding carboxylic acids is 4. The lowest BCUT2D eigenvalue weighted by Crippen LogP contribution is -2.57. The number of carboxylic acids is 1. The van der Waals surface area contributed by atoms with Gasteiger partial charge in [0.1, 0.15) is 18.1 Å². The topological polar surface area (TPSA) is 201 Å². The normalized spacial score (nSPS) is 17.4. The number of aromatic nitrogens is 1. The largest absolute Gasteiger partial charge is 0.480 e. The third-order valence-corrected chi connectivity index (χ3v) is 7.45. The molecule has 2 heterocycles. The van der Waals surface area contributed by atoms with Gasteiger partial charge in [0.2, 0.25) is 23.6 Å². The Bertz CT molecular complexity index is 1200. The van der Waals surface area contributed by atoms with Gasteiger partial charge in [-0.15, -0.1) is 0 Å². The number of hydrogen-bond acceptors (Lipinski definition) is 7. The number of rotatable bonds is 14. The maximum Gasteiger partial charge on any atom is 0.326 e. The SMILES string of the molecule is CSCCC(NC(=O)C(N)Cc1c[nH]c2ccccc12)C(=O)NC(CCC(N)=O)C(=O)N1CCCC1C(=O)O. The highest BCUT2D eigenvalue weighted by Gasteiger charge is 2.38. The van der Waals surface area contributed by atoms with Crippen LogP contribution in [0, 0.1) is 0 Å². The number of nitrogens with two attached hydrogens (primary N) is 2. The molecule has 8 N–H and O–H groups in total. The van der Waals surface area contributed by atoms with Crippen LogP contribution >= 0.6 is 11.8 Å². The Morgan fingerprint density at radius 3 is 2.54 bits per heavy atom. The van der Waals surface area contributed by atoms with Crippen LogP contribution in [0.4, 0.5) is 0 Å². The van der Waals surface area contributed by atoms with Crippen LogP contribution in [0.2, 0.25) is 0 Å². The molecule has 0 saturated carbocycles. The van der Waals surface area contributed by atoms with Crippen molar-refractivity contribution in [2.75, 3.05) is 18.6 Å². The number of primary amides is 1. The number of likely N-dealkylation sites (tertiary alicyclic amines) is 1. The molecule has 1 aromatic carbocycles. The molecule has 4 atom stereocenters. The van der Waals surface area contributed by atoms with E-state index < -0.39 is 53.8 Å². The highest BCUT2D eigenvalue weighted by Crippen LogP contribution is 2.20. The van der Waals surface area contributed by atoms with Gasteiger partial charge in [0.25, 0.3) is 0 Å². The number of H-pyrrole nitrogens is 1. The third kappa shape index (κ3) is 7.96. The molecule has 1 aromatic heterocycles. The summed E-state index contributed by atoms with van der Waals surface area (Å²) < 4.78 is 0. The Labute approximate surface area is 230 Å². The summed E-state index contributed by atoms with van der Waals surface area (Å²) >= 11 is 1.48. The summed E-state index contributed by atoms with van der Waals surface area (Å²) in [5.74, 6) is -2.98. The van der Waals surface area contributed by atoms with Gasteiger partial charge in [0, 0.05) is 30.1 Å². The van der Waals surface area contributed by atoms with E-state index in [1.807, 2.05) is 30.5 Å². The van der Waals surface area contributed by atoms with Crippen molar-refractivity contribution in [3.8, 4) is 0 Å². The molecule has 1 aliphatic heterocycles. The van der Waals surface area contributed by atoms with Crippen molar-refractivity contribution in [1.82, 2.24) is 20.5 Å².